The van der Waals surface area contributed by atoms with E-state index in [1.54, 1.807) is 30.9 Å². The number of aliphatic hydroxyl groups is 1. The van der Waals surface area contributed by atoms with E-state index in [0.29, 0.717) is 19.4 Å². The SMILES string of the molecule is O=C(NCc1cccnc1)C(O)CCc1cccnc1. The van der Waals surface area contributed by atoms with Gasteiger partial charge in [-0.05, 0) is 36.1 Å². The molecule has 104 valence electrons. The lowest BCUT2D eigenvalue weighted by atomic mass is 10.1. The highest BCUT2D eigenvalue weighted by Crippen LogP contribution is 2.04. The van der Waals surface area contributed by atoms with E-state index in [9.17, 15) is 9.90 Å². The van der Waals surface area contributed by atoms with Gasteiger partial charge in [-0.3, -0.25) is 14.8 Å². The number of hydrogen-bond acceptors (Lipinski definition) is 4. The number of nitrogens with zero attached hydrogens (tertiary/aromatic N) is 2. The summed E-state index contributed by atoms with van der Waals surface area (Å²) < 4.78 is 0. The Hall–Kier alpha value is -2.27. The van der Waals surface area contributed by atoms with E-state index < -0.39 is 6.10 Å². The predicted octanol–water partition coefficient (Wildman–Crippen LogP) is 1.09. The fourth-order valence-electron chi connectivity index (χ4n) is 1.79. The van der Waals surface area contributed by atoms with Crippen molar-refractivity contribution >= 4 is 5.91 Å². The minimum absolute atomic E-state index is 0.363. The van der Waals surface area contributed by atoms with E-state index >= 15 is 0 Å². The summed E-state index contributed by atoms with van der Waals surface area (Å²) in [5, 5.41) is 12.5. The summed E-state index contributed by atoms with van der Waals surface area (Å²) in [5.74, 6) is -0.363. The van der Waals surface area contributed by atoms with Gasteiger partial charge in [0.25, 0.3) is 0 Å². The highest BCUT2D eigenvalue weighted by atomic mass is 16.3. The molecular weight excluding hydrogens is 254 g/mol. The lowest BCUT2D eigenvalue weighted by Crippen LogP contribution is -2.34. The normalized spacial score (nSPS) is 11.8. The minimum Gasteiger partial charge on any atom is -0.383 e. The van der Waals surface area contributed by atoms with Gasteiger partial charge in [-0.25, -0.2) is 0 Å². The number of amides is 1. The third kappa shape index (κ3) is 4.44. The molecule has 0 aliphatic heterocycles. The Morgan fingerprint density at radius 2 is 1.80 bits per heavy atom. The average Bonchev–Trinajstić information content (AvgIpc) is 2.52. The lowest BCUT2D eigenvalue weighted by Gasteiger charge is -2.11. The van der Waals surface area contributed by atoms with Crippen molar-refractivity contribution in [1.82, 2.24) is 15.3 Å². The summed E-state index contributed by atoms with van der Waals surface area (Å²) in [6.07, 6.45) is 6.78. The average molecular weight is 271 g/mol. The number of aliphatic hydroxyl groups excluding tert-OH is 1. The standard InChI is InChI=1S/C15H17N3O2/c19-14(6-5-12-3-1-7-16-9-12)15(20)18-11-13-4-2-8-17-10-13/h1-4,7-10,14,19H,5-6,11H2,(H,18,20). The summed E-state index contributed by atoms with van der Waals surface area (Å²) in [7, 11) is 0. The second kappa shape index (κ2) is 7.35. The summed E-state index contributed by atoms with van der Waals surface area (Å²) in [5.41, 5.74) is 1.91. The quantitative estimate of drug-likeness (QED) is 0.824. The van der Waals surface area contributed by atoms with Gasteiger partial charge in [0, 0.05) is 31.3 Å². The number of carbonyl (C=O) groups is 1. The lowest BCUT2D eigenvalue weighted by molar-refractivity contribution is -0.129. The van der Waals surface area contributed by atoms with Crippen molar-refractivity contribution < 1.29 is 9.90 Å². The van der Waals surface area contributed by atoms with Crippen LogP contribution in [0.15, 0.2) is 49.1 Å². The molecule has 2 aromatic rings. The summed E-state index contributed by atoms with van der Waals surface area (Å²) >= 11 is 0. The Bertz CT molecular complexity index is 531. The molecule has 0 saturated heterocycles. The van der Waals surface area contributed by atoms with Gasteiger partial charge in [0.2, 0.25) is 5.91 Å². The molecule has 1 atom stereocenters. The molecule has 2 rings (SSSR count). The van der Waals surface area contributed by atoms with E-state index in [0.717, 1.165) is 11.1 Å². The van der Waals surface area contributed by atoms with Gasteiger partial charge >= 0.3 is 0 Å². The summed E-state index contributed by atoms with van der Waals surface area (Å²) in [4.78, 5) is 19.7. The van der Waals surface area contributed by atoms with Crippen LogP contribution in [0.25, 0.3) is 0 Å². The number of pyridine rings is 2. The van der Waals surface area contributed by atoms with Crippen molar-refractivity contribution in [1.29, 1.82) is 0 Å². The van der Waals surface area contributed by atoms with Crippen LogP contribution in [-0.4, -0.2) is 27.1 Å². The molecule has 0 saturated carbocycles. The number of hydrogen-bond donors (Lipinski definition) is 2. The van der Waals surface area contributed by atoms with Gasteiger partial charge in [-0.15, -0.1) is 0 Å². The molecule has 0 aromatic carbocycles. The number of aryl methyl sites for hydroxylation is 1. The summed E-state index contributed by atoms with van der Waals surface area (Å²) in [6, 6.07) is 7.44. The Labute approximate surface area is 117 Å². The Morgan fingerprint density at radius 3 is 2.40 bits per heavy atom. The highest BCUT2D eigenvalue weighted by molar-refractivity contribution is 5.80. The maximum atomic E-state index is 11.7. The van der Waals surface area contributed by atoms with Crippen molar-refractivity contribution in [3.63, 3.8) is 0 Å². The van der Waals surface area contributed by atoms with Crippen LogP contribution in [-0.2, 0) is 17.8 Å². The molecule has 1 unspecified atom stereocenters. The molecule has 0 spiro atoms. The van der Waals surface area contributed by atoms with Crippen LogP contribution in [0.5, 0.6) is 0 Å². The Morgan fingerprint density at radius 1 is 1.15 bits per heavy atom. The second-order valence-electron chi connectivity index (χ2n) is 4.49. The first kappa shape index (κ1) is 14.1. The number of nitrogens with one attached hydrogen (secondary N) is 1. The van der Waals surface area contributed by atoms with Gasteiger partial charge in [-0.1, -0.05) is 12.1 Å². The monoisotopic (exact) mass is 271 g/mol. The molecule has 5 nitrogen and oxygen atoms in total. The maximum absolute atomic E-state index is 11.7. The van der Waals surface area contributed by atoms with E-state index in [-0.39, 0.29) is 5.91 Å². The summed E-state index contributed by atoms with van der Waals surface area (Å²) in [6.45, 7) is 0.372. The van der Waals surface area contributed by atoms with E-state index in [4.69, 9.17) is 0 Å². The molecule has 0 bridgehead atoms. The predicted molar refractivity (Wildman–Crippen MR) is 74.6 cm³/mol. The van der Waals surface area contributed by atoms with Crippen LogP contribution >= 0.6 is 0 Å². The largest absolute Gasteiger partial charge is 0.383 e. The van der Waals surface area contributed by atoms with Gasteiger partial charge in [0.05, 0.1) is 0 Å². The van der Waals surface area contributed by atoms with Crippen LogP contribution in [0.2, 0.25) is 0 Å². The third-order valence-corrected chi connectivity index (χ3v) is 2.92. The maximum Gasteiger partial charge on any atom is 0.249 e. The van der Waals surface area contributed by atoms with Crippen molar-refractivity contribution in [3.8, 4) is 0 Å². The zero-order chi connectivity index (χ0) is 14.2. The van der Waals surface area contributed by atoms with E-state index in [1.165, 1.54) is 0 Å². The minimum atomic E-state index is -1.01. The molecular formula is C15H17N3O2. The molecule has 5 heteroatoms. The van der Waals surface area contributed by atoms with Crippen molar-refractivity contribution in [2.75, 3.05) is 0 Å². The van der Waals surface area contributed by atoms with Gasteiger partial charge < -0.3 is 10.4 Å². The molecule has 20 heavy (non-hydrogen) atoms. The second-order valence-corrected chi connectivity index (χ2v) is 4.49. The number of aromatic nitrogens is 2. The number of carbonyl (C=O) groups excluding carboxylic acids is 1. The molecule has 0 aliphatic rings. The van der Waals surface area contributed by atoms with E-state index in [2.05, 4.69) is 15.3 Å². The van der Waals surface area contributed by atoms with Crippen LogP contribution in [0.1, 0.15) is 17.5 Å². The van der Waals surface area contributed by atoms with Crippen LogP contribution in [0.3, 0.4) is 0 Å². The highest BCUT2D eigenvalue weighted by Gasteiger charge is 2.14. The van der Waals surface area contributed by atoms with Crippen LogP contribution < -0.4 is 5.32 Å². The Balaban J connectivity index is 1.75. The smallest absolute Gasteiger partial charge is 0.249 e. The van der Waals surface area contributed by atoms with Gasteiger partial charge in [0.1, 0.15) is 6.10 Å². The first-order chi connectivity index (χ1) is 9.75. The van der Waals surface area contributed by atoms with Crippen molar-refractivity contribution in [3.05, 3.63) is 60.2 Å². The zero-order valence-electron chi connectivity index (χ0n) is 11.1. The van der Waals surface area contributed by atoms with Crippen molar-refractivity contribution in [2.45, 2.75) is 25.5 Å². The fourth-order valence-corrected chi connectivity index (χ4v) is 1.79. The van der Waals surface area contributed by atoms with E-state index in [1.807, 2.05) is 18.2 Å². The first-order valence-electron chi connectivity index (χ1n) is 6.49. The molecule has 2 N–H and O–H groups in total. The van der Waals surface area contributed by atoms with Crippen LogP contribution in [0, 0.1) is 0 Å². The van der Waals surface area contributed by atoms with Crippen molar-refractivity contribution in [2.24, 2.45) is 0 Å². The first-order valence-corrected chi connectivity index (χ1v) is 6.49. The van der Waals surface area contributed by atoms with Crippen LogP contribution in [0.4, 0.5) is 0 Å². The molecule has 2 aromatic heterocycles. The molecule has 0 fully saturated rings. The topological polar surface area (TPSA) is 75.1 Å². The van der Waals surface area contributed by atoms with Gasteiger partial charge in [-0.2, -0.15) is 0 Å². The fraction of sp³-hybridized carbons (Fsp3) is 0.267. The zero-order valence-corrected chi connectivity index (χ0v) is 11.1. The Kier molecular flexibility index (Phi) is 5.20. The molecule has 1 amide bonds. The molecule has 0 aliphatic carbocycles. The third-order valence-electron chi connectivity index (χ3n) is 2.92. The van der Waals surface area contributed by atoms with Gasteiger partial charge in [0.15, 0.2) is 0 Å². The molecule has 0 radical (unpaired) electrons. The number of rotatable bonds is 6. The molecule has 2 heterocycles.